The molecule has 35 heavy (non-hydrogen) atoms. The number of aromatic nitrogens is 1. The third-order valence-corrected chi connectivity index (χ3v) is 8.50. The summed E-state index contributed by atoms with van der Waals surface area (Å²) in [7, 11) is 1.97. The Morgan fingerprint density at radius 3 is 2.69 bits per heavy atom. The highest BCUT2D eigenvalue weighted by molar-refractivity contribution is 8.20. The molecule has 1 fully saturated rings. The first-order chi connectivity index (χ1) is 17.0. The fourth-order valence-corrected chi connectivity index (χ4v) is 6.66. The molecule has 0 unspecified atom stereocenters. The maximum Gasteiger partial charge on any atom is 0.274 e. The van der Waals surface area contributed by atoms with E-state index in [2.05, 4.69) is 4.98 Å². The number of pyridine rings is 1. The van der Waals surface area contributed by atoms with E-state index in [1.807, 2.05) is 91.7 Å². The molecular weight excluding hydrogens is 496 g/mol. The van der Waals surface area contributed by atoms with Gasteiger partial charge in [0.1, 0.15) is 4.91 Å². The van der Waals surface area contributed by atoms with Crippen LogP contribution in [0.15, 0.2) is 98.8 Å². The maximum atomic E-state index is 13.9. The molecule has 8 heteroatoms. The Kier molecular flexibility index (Phi) is 5.56. The highest BCUT2D eigenvalue weighted by Gasteiger charge is 2.40. The second kappa shape index (κ2) is 8.75. The summed E-state index contributed by atoms with van der Waals surface area (Å²) in [4.78, 5) is 28.8. The van der Waals surface area contributed by atoms with Gasteiger partial charge in [0.2, 0.25) is 0 Å². The summed E-state index contributed by atoms with van der Waals surface area (Å²) in [6, 6.07) is 23.5. The molecule has 4 aromatic rings. The Morgan fingerprint density at radius 1 is 0.971 bits per heavy atom. The summed E-state index contributed by atoms with van der Waals surface area (Å²) in [5.74, 6) is -0.0917. The number of thioether (sulfide) groups is 2. The number of amidine groups is 1. The van der Waals surface area contributed by atoms with Crippen molar-refractivity contribution in [3.05, 3.63) is 99.5 Å². The van der Waals surface area contributed by atoms with Gasteiger partial charge in [0, 0.05) is 28.5 Å². The monoisotopic (exact) mass is 514 g/mol. The Bertz CT molecular complexity index is 1580. The lowest BCUT2D eigenvalue weighted by Gasteiger charge is -2.17. The number of fused-ring (bicyclic) bond motifs is 2. The summed E-state index contributed by atoms with van der Waals surface area (Å²) < 4.78 is 0. The quantitative estimate of drug-likeness (QED) is 0.261. The van der Waals surface area contributed by atoms with Crippen LogP contribution in [-0.2, 0) is 4.79 Å². The standard InChI is InChI=1S/C27H19ClN4OS2/c1-16-6-3-7-18(14-16)32-25(33)24(26-31(2)22-15-17(28)11-12-23(22)34-26)35-27(32)30-21-10-4-9-20-19(21)8-5-13-29-20/h3-15H,1-2H3/b26-24-,30-27?. The van der Waals surface area contributed by atoms with Crippen LogP contribution in [0.1, 0.15) is 5.56 Å². The van der Waals surface area contributed by atoms with Crippen molar-refractivity contribution < 1.29 is 4.79 Å². The number of aliphatic imine (C=N–C) groups is 1. The summed E-state index contributed by atoms with van der Waals surface area (Å²) in [6.45, 7) is 2.02. The van der Waals surface area contributed by atoms with Crippen molar-refractivity contribution in [2.75, 3.05) is 16.8 Å². The van der Waals surface area contributed by atoms with Crippen molar-refractivity contribution in [3.63, 3.8) is 0 Å². The molecule has 0 N–H and O–H groups in total. The van der Waals surface area contributed by atoms with Gasteiger partial charge in [0.25, 0.3) is 5.91 Å². The van der Waals surface area contributed by atoms with Gasteiger partial charge in [-0.1, -0.05) is 41.6 Å². The molecule has 0 bridgehead atoms. The topological polar surface area (TPSA) is 48.8 Å². The second-order valence-electron chi connectivity index (χ2n) is 8.23. The smallest absolute Gasteiger partial charge is 0.274 e. The average Bonchev–Trinajstić information content (AvgIpc) is 3.35. The van der Waals surface area contributed by atoms with Crippen molar-refractivity contribution in [1.29, 1.82) is 0 Å². The van der Waals surface area contributed by atoms with Gasteiger partial charge in [-0.2, -0.15) is 0 Å². The van der Waals surface area contributed by atoms with Crippen LogP contribution < -0.4 is 9.80 Å². The van der Waals surface area contributed by atoms with E-state index in [1.54, 1.807) is 22.9 Å². The molecule has 5 nitrogen and oxygen atoms in total. The summed E-state index contributed by atoms with van der Waals surface area (Å²) >= 11 is 9.22. The van der Waals surface area contributed by atoms with Crippen molar-refractivity contribution >= 4 is 74.2 Å². The first kappa shape index (κ1) is 22.2. The number of anilines is 2. The van der Waals surface area contributed by atoms with Crippen LogP contribution in [0.3, 0.4) is 0 Å². The summed E-state index contributed by atoms with van der Waals surface area (Å²) in [6.07, 6.45) is 1.77. The molecule has 3 heterocycles. The zero-order valence-corrected chi connectivity index (χ0v) is 21.3. The summed E-state index contributed by atoms with van der Waals surface area (Å²) in [5.41, 5.74) is 4.50. The lowest BCUT2D eigenvalue weighted by molar-refractivity contribution is -0.113. The largest absolute Gasteiger partial charge is 0.337 e. The molecule has 1 saturated heterocycles. The van der Waals surface area contributed by atoms with Crippen molar-refractivity contribution in [3.8, 4) is 0 Å². The van der Waals surface area contributed by atoms with E-state index in [4.69, 9.17) is 16.6 Å². The second-order valence-corrected chi connectivity index (χ2v) is 10.7. The van der Waals surface area contributed by atoms with Gasteiger partial charge in [-0.3, -0.25) is 14.7 Å². The number of benzene rings is 3. The highest BCUT2D eigenvalue weighted by atomic mass is 35.5. The van der Waals surface area contributed by atoms with Crippen LogP contribution in [0.5, 0.6) is 0 Å². The molecule has 0 radical (unpaired) electrons. The highest BCUT2D eigenvalue weighted by Crippen LogP contribution is 2.51. The molecule has 6 rings (SSSR count). The van der Waals surface area contributed by atoms with E-state index in [1.165, 1.54) is 11.8 Å². The van der Waals surface area contributed by atoms with E-state index < -0.39 is 0 Å². The van der Waals surface area contributed by atoms with E-state index in [9.17, 15) is 4.79 Å². The maximum absolute atomic E-state index is 13.9. The first-order valence-electron chi connectivity index (χ1n) is 11.0. The van der Waals surface area contributed by atoms with Crippen LogP contribution in [0.2, 0.25) is 5.02 Å². The van der Waals surface area contributed by atoms with Crippen LogP contribution in [0.25, 0.3) is 10.9 Å². The molecule has 3 aromatic carbocycles. The van der Waals surface area contributed by atoms with E-state index in [0.717, 1.165) is 43.5 Å². The predicted molar refractivity (Wildman–Crippen MR) is 148 cm³/mol. The molecule has 1 amide bonds. The number of halogens is 1. The molecular formula is C27H19ClN4OS2. The lowest BCUT2D eigenvalue weighted by atomic mass is 10.2. The van der Waals surface area contributed by atoms with Gasteiger partial charge in [-0.15, -0.1) is 0 Å². The minimum absolute atomic E-state index is 0.0917. The lowest BCUT2D eigenvalue weighted by Crippen LogP contribution is -2.29. The zero-order valence-electron chi connectivity index (χ0n) is 18.9. The van der Waals surface area contributed by atoms with E-state index >= 15 is 0 Å². The van der Waals surface area contributed by atoms with Gasteiger partial charge >= 0.3 is 0 Å². The molecule has 0 aliphatic carbocycles. The van der Waals surface area contributed by atoms with E-state index in [0.29, 0.717) is 15.1 Å². The van der Waals surface area contributed by atoms with Gasteiger partial charge in [0.15, 0.2) is 5.17 Å². The average molecular weight is 515 g/mol. The number of rotatable bonds is 2. The number of nitrogens with zero attached hydrogens (tertiary/aromatic N) is 4. The van der Waals surface area contributed by atoms with Crippen molar-refractivity contribution in [1.82, 2.24) is 4.98 Å². The van der Waals surface area contributed by atoms with Crippen LogP contribution in [0.4, 0.5) is 17.1 Å². The fourth-order valence-electron chi connectivity index (χ4n) is 4.18. The molecule has 2 aliphatic rings. The van der Waals surface area contributed by atoms with Gasteiger partial charge in [0.05, 0.1) is 27.6 Å². The number of amides is 1. The molecule has 172 valence electrons. The van der Waals surface area contributed by atoms with Crippen LogP contribution in [0, 0.1) is 6.92 Å². The Hall–Kier alpha value is -3.26. The summed E-state index contributed by atoms with van der Waals surface area (Å²) in [5, 5.41) is 3.10. The number of hydrogen-bond donors (Lipinski definition) is 0. The minimum Gasteiger partial charge on any atom is -0.337 e. The molecule has 0 saturated carbocycles. The van der Waals surface area contributed by atoms with Crippen LogP contribution >= 0.6 is 35.1 Å². The Balaban J connectivity index is 1.51. The molecule has 0 spiro atoms. The van der Waals surface area contributed by atoms with Gasteiger partial charge in [-0.25, -0.2) is 4.99 Å². The zero-order chi connectivity index (χ0) is 24.1. The number of aryl methyl sites for hydroxylation is 1. The molecule has 0 atom stereocenters. The molecule has 2 aliphatic heterocycles. The minimum atomic E-state index is -0.0917. The normalized spacial score (nSPS) is 18.7. The number of carbonyl (C=O) groups is 1. The fraction of sp³-hybridized carbons (Fsp3) is 0.0741. The predicted octanol–water partition coefficient (Wildman–Crippen LogP) is 7.38. The van der Waals surface area contributed by atoms with E-state index in [-0.39, 0.29) is 5.91 Å². The Labute approximate surface area is 216 Å². The first-order valence-corrected chi connectivity index (χ1v) is 13.0. The SMILES string of the molecule is Cc1cccc(N2C(=O)/C(=C3/Sc4ccc(Cl)cc4N3C)SC2=Nc2cccc3ncccc23)c1. The van der Waals surface area contributed by atoms with Crippen molar-refractivity contribution in [2.24, 2.45) is 4.99 Å². The third-order valence-electron chi connectivity index (χ3n) is 5.87. The van der Waals surface area contributed by atoms with Gasteiger partial charge < -0.3 is 4.90 Å². The third kappa shape index (κ3) is 3.89. The number of carbonyl (C=O) groups excluding carboxylic acids is 1. The molecule has 1 aromatic heterocycles. The van der Waals surface area contributed by atoms with Crippen molar-refractivity contribution in [2.45, 2.75) is 11.8 Å². The number of hydrogen-bond acceptors (Lipinski definition) is 6. The Morgan fingerprint density at radius 2 is 1.83 bits per heavy atom. The van der Waals surface area contributed by atoms with Gasteiger partial charge in [-0.05, 0) is 78.8 Å². The van der Waals surface area contributed by atoms with Crippen LogP contribution in [-0.4, -0.2) is 23.1 Å².